The maximum absolute atomic E-state index is 12.7. The quantitative estimate of drug-likeness (QED) is 0.166. The number of anilines is 3. The van der Waals surface area contributed by atoms with E-state index in [4.69, 9.17) is 5.11 Å². The van der Waals surface area contributed by atoms with Crippen molar-refractivity contribution in [2.45, 2.75) is 52.0 Å². The Labute approximate surface area is 243 Å². The van der Waals surface area contributed by atoms with E-state index in [0.717, 1.165) is 16.7 Å². The molecular formula is C31H34N4O7. The van der Waals surface area contributed by atoms with Crippen molar-refractivity contribution in [1.29, 1.82) is 0 Å². The highest BCUT2D eigenvalue weighted by Crippen LogP contribution is 2.22. The summed E-state index contributed by atoms with van der Waals surface area (Å²) in [4.78, 5) is 59.3. The second-order valence-electron chi connectivity index (χ2n) is 9.86. The van der Waals surface area contributed by atoms with Gasteiger partial charge in [0.1, 0.15) is 0 Å². The highest BCUT2D eigenvalue weighted by molar-refractivity contribution is 6.00. The van der Waals surface area contributed by atoms with Gasteiger partial charge in [-0.05, 0) is 66.8 Å². The Kier molecular flexibility index (Phi) is 11.2. The zero-order chi connectivity index (χ0) is 30.6. The molecule has 0 saturated carbocycles. The highest BCUT2D eigenvalue weighted by Gasteiger charge is 2.18. The second kappa shape index (κ2) is 15.0. The molecule has 42 heavy (non-hydrogen) atoms. The number of carbonyl (C=O) groups is 5. The molecule has 0 aromatic heterocycles. The molecule has 0 fully saturated rings. The molecule has 0 aliphatic carbocycles. The molecule has 3 aromatic carbocycles. The molecule has 0 heterocycles. The number of aryl methyl sites for hydroxylation is 2. The lowest BCUT2D eigenvalue weighted by atomic mass is 10.0. The smallest absolute Gasteiger partial charge is 0.323 e. The van der Waals surface area contributed by atoms with Gasteiger partial charge in [-0.25, -0.2) is 4.79 Å². The zero-order valence-corrected chi connectivity index (χ0v) is 23.4. The number of nitrogens with one attached hydrogen (secondary N) is 4. The molecule has 3 aromatic rings. The van der Waals surface area contributed by atoms with Crippen molar-refractivity contribution in [1.82, 2.24) is 5.32 Å². The van der Waals surface area contributed by atoms with Crippen LogP contribution in [0.15, 0.2) is 66.7 Å². The van der Waals surface area contributed by atoms with Crippen LogP contribution in [0.1, 0.15) is 54.0 Å². The van der Waals surface area contributed by atoms with Gasteiger partial charge >= 0.3 is 18.0 Å². The van der Waals surface area contributed by atoms with Crippen LogP contribution in [-0.2, 0) is 25.6 Å². The number of hydrogen-bond acceptors (Lipinski definition) is 5. The lowest BCUT2D eigenvalue weighted by molar-refractivity contribution is -0.138. The van der Waals surface area contributed by atoms with Crippen LogP contribution in [-0.4, -0.2) is 40.0 Å². The summed E-state index contributed by atoms with van der Waals surface area (Å²) in [6.45, 7) is 3.74. The minimum Gasteiger partial charge on any atom is -0.481 e. The number of carbonyl (C=O) groups excluding carboxylic acids is 3. The van der Waals surface area contributed by atoms with Gasteiger partial charge in [-0.15, -0.1) is 0 Å². The van der Waals surface area contributed by atoms with E-state index in [0.29, 0.717) is 22.6 Å². The number of benzene rings is 3. The van der Waals surface area contributed by atoms with Crippen molar-refractivity contribution in [3.05, 3.63) is 89.0 Å². The molecule has 6 N–H and O–H groups in total. The van der Waals surface area contributed by atoms with Gasteiger partial charge in [-0.2, -0.15) is 0 Å². The molecule has 0 aliphatic rings. The molecule has 0 bridgehead atoms. The number of hydrogen-bond donors (Lipinski definition) is 6. The van der Waals surface area contributed by atoms with Gasteiger partial charge in [0.05, 0.1) is 18.9 Å². The van der Waals surface area contributed by atoms with Gasteiger partial charge in [-0.1, -0.05) is 42.5 Å². The van der Waals surface area contributed by atoms with Crippen molar-refractivity contribution >= 4 is 46.8 Å². The molecule has 11 nitrogen and oxygen atoms in total. The summed E-state index contributed by atoms with van der Waals surface area (Å²) in [7, 11) is 0. The van der Waals surface area contributed by atoms with Crippen LogP contribution in [0.2, 0.25) is 0 Å². The van der Waals surface area contributed by atoms with E-state index in [2.05, 4.69) is 21.3 Å². The summed E-state index contributed by atoms with van der Waals surface area (Å²) in [5.74, 6) is -2.82. The van der Waals surface area contributed by atoms with Gasteiger partial charge in [0, 0.05) is 29.9 Å². The topological polar surface area (TPSA) is 174 Å². The van der Waals surface area contributed by atoms with Gasteiger partial charge in [-0.3, -0.25) is 19.2 Å². The van der Waals surface area contributed by atoms with Gasteiger partial charge in [0.15, 0.2) is 0 Å². The number of amides is 4. The molecule has 0 aliphatic heterocycles. The first-order chi connectivity index (χ1) is 20.0. The number of carboxylic acids is 2. The highest BCUT2D eigenvalue weighted by atomic mass is 16.4. The minimum atomic E-state index is -1.10. The summed E-state index contributed by atoms with van der Waals surface area (Å²) in [5.41, 5.74) is 4.84. The van der Waals surface area contributed by atoms with Gasteiger partial charge in [0.25, 0.3) is 0 Å². The molecule has 0 spiro atoms. The predicted octanol–water partition coefficient (Wildman–Crippen LogP) is 5.02. The molecular weight excluding hydrogens is 540 g/mol. The van der Waals surface area contributed by atoms with Crippen molar-refractivity contribution in [3.8, 4) is 0 Å². The molecule has 0 unspecified atom stereocenters. The Balaban J connectivity index is 1.55. The average Bonchev–Trinajstić information content (AvgIpc) is 2.91. The number of carboxylic acid groups (broad SMARTS) is 2. The largest absolute Gasteiger partial charge is 0.481 e. The number of rotatable bonds is 13. The lowest BCUT2D eigenvalue weighted by Gasteiger charge is -2.18. The Hall–Kier alpha value is -5.19. The van der Waals surface area contributed by atoms with Crippen LogP contribution in [0.5, 0.6) is 0 Å². The summed E-state index contributed by atoms with van der Waals surface area (Å²) < 4.78 is 0. The van der Waals surface area contributed by atoms with E-state index in [1.165, 1.54) is 0 Å². The molecule has 4 amide bonds. The summed E-state index contributed by atoms with van der Waals surface area (Å²) in [5, 5.41) is 29.1. The van der Waals surface area contributed by atoms with Crippen LogP contribution in [0, 0.1) is 13.8 Å². The van der Waals surface area contributed by atoms with Gasteiger partial charge in [0.2, 0.25) is 11.8 Å². The van der Waals surface area contributed by atoms with E-state index in [9.17, 15) is 29.1 Å². The monoisotopic (exact) mass is 574 g/mol. The molecule has 0 radical (unpaired) electrons. The van der Waals surface area contributed by atoms with Crippen LogP contribution in [0.25, 0.3) is 0 Å². The first kappa shape index (κ1) is 31.3. The van der Waals surface area contributed by atoms with Crippen LogP contribution in [0.4, 0.5) is 21.9 Å². The van der Waals surface area contributed by atoms with E-state index in [-0.39, 0.29) is 44.0 Å². The standard InChI is InChI=1S/C31H34N4O7/c1-19-6-3-4-7-24(19)34-31(42)35-25-15-10-21(16-20(25)2)17-28(37)32-23-13-11-22(12-14-23)26(18-30(40)41)33-27(36)8-5-9-29(38)39/h3-4,6-7,10-16,26H,5,8-9,17-18H2,1-2H3,(H,32,37)(H,33,36)(H,38,39)(H,40,41)(H2,34,35,42)/t26-/m1/s1. The molecule has 11 heteroatoms. The molecule has 1 atom stereocenters. The fourth-order valence-corrected chi connectivity index (χ4v) is 4.25. The zero-order valence-electron chi connectivity index (χ0n) is 23.4. The number of aliphatic carboxylic acids is 2. The first-order valence-corrected chi connectivity index (χ1v) is 13.4. The van der Waals surface area contributed by atoms with E-state index >= 15 is 0 Å². The third kappa shape index (κ3) is 10.1. The normalized spacial score (nSPS) is 11.2. The Morgan fingerprint density at radius 1 is 0.714 bits per heavy atom. The fourth-order valence-electron chi connectivity index (χ4n) is 4.25. The Morgan fingerprint density at radius 2 is 1.38 bits per heavy atom. The van der Waals surface area contributed by atoms with Crippen LogP contribution < -0.4 is 21.3 Å². The lowest BCUT2D eigenvalue weighted by Crippen LogP contribution is -2.30. The van der Waals surface area contributed by atoms with Crippen LogP contribution in [0.3, 0.4) is 0 Å². The van der Waals surface area contributed by atoms with Gasteiger partial charge < -0.3 is 31.5 Å². The predicted molar refractivity (Wildman–Crippen MR) is 158 cm³/mol. The SMILES string of the molecule is Cc1ccccc1NC(=O)Nc1ccc(CC(=O)Nc2ccc([C@@H](CC(=O)O)NC(=O)CCCC(=O)O)cc2)cc1C. The van der Waals surface area contributed by atoms with Crippen molar-refractivity contribution < 1.29 is 34.2 Å². The first-order valence-electron chi connectivity index (χ1n) is 13.4. The van der Waals surface area contributed by atoms with E-state index < -0.39 is 23.9 Å². The van der Waals surface area contributed by atoms with Crippen LogP contribution >= 0.6 is 0 Å². The summed E-state index contributed by atoms with van der Waals surface area (Å²) in [6.07, 6.45) is -0.306. The fraction of sp³-hybridized carbons (Fsp3) is 0.258. The average molecular weight is 575 g/mol. The molecule has 3 rings (SSSR count). The minimum absolute atomic E-state index is 0.0341. The van der Waals surface area contributed by atoms with Crippen molar-refractivity contribution in [2.24, 2.45) is 0 Å². The number of para-hydroxylation sites is 1. The van der Waals surface area contributed by atoms with E-state index in [1.807, 2.05) is 44.2 Å². The van der Waals surface area contributed by atoms with E-state index in [1.54, 1.807) is 36.4 Å². The maximum Gasteiger partial charge on any atom is 0.323 e. The third-order valence-electron chi connectivity index (χ3n) is 6.40. The Morgan fingerprint density at radius 3 is 2.00 bits per heavy atom. The Bertz CT molecular complexity index is 1450. The van der Waals surface area contributed by atoms with Crippen molar-refractivity contribution in [3.63, 3.8) is 0 Å². The summed E-state index contributed by atoms with van der Waals surface area (Å²) >= 11 is 0. The van der Waals surface area contributed by atoms with Crippen molar-refractivity contribution in [2.75, 3.05) is 16.0 Å². The number of urea groups is 1. The maximum atomic E-state index is 12.7. The summed E-state index contributed by atoms with van der Waals surface area (Å²) in [6, 6.07) is 18.1. The second-order valence-corrected chi connectivity index (χ2v) is 9.86. The molecule has 220 valence electrons. The molecule has 0 saturated heterocycles. The third-order valence-corrected chi connectivity index (χ3v) is 6.40.